The van der Waals surface area contributed by atoms with Crippen molar-refractivity contribution in [3.05, 3.63) is 29.3 Å². The summed E-state index contributed by atoms with van der Waals surface area (Å²) in [5.41, 5.74) is 0.765. The van der Waals surface area contributed by atoms with Crippen molar-refractivity contribution in [1.29, 1.82) is 0 Å². The zero-order valence-electron chi connectivity index (χ0n) is 12.5. The molecule has 0 aromatic heterocycles. The van der Waals surface area contributed by atoms with Crippen LogP contribution in [0.15, 0.2) is 24.3 Å². The molecule has 0 bridgehead atoms. The zero-order chi connectivity index (χ0) is 14.8. The molecule has 0 spiro atoms. The van der Waals surface area contributed by atoms with E-state index in [2.05, 4.69) is 19.4 Å². The second-order valence-electron chi connectivity index (χ2n) is 6.24. The standard InChI is InChI=1S/C16H23ClN2O/c1-12(19(2,3)15-9-4-5-10-15)16(20)18-14-8-6-7-13(17)11-14/h6-8,11-12,15H,4-5,9-10H2,1-3H3/p+1/t12-/m1/s1. The smallest absolute Gasteiger partial charge is 0.282 e. The number of likely N-dealkylation sites (N-methyl/N-ethyl adjacent to an activating group) is 1. The van der Waals surface area contributed by atoms with Gasteiger partial charge in [0.25, 0.3) is 5.91 Å². The van der Waals surface area contributed by atoms with Crippen LogP contribution in [0.4, 0.5) is 5.69 Å². The predicted molar refractivity (Wildman–Crippen MR) is 83.9 cm³/mol. The average molecular weight is 296 g/mol. The van der Waals surface area contributed by atoms with Crippen molar-refractivity contribution in [1.82, 2.24) is 0 Å². The molecule has 1 amide bonds. The van der Waals surface area contributed by atoms with Crippen LogP contribution >= 0.6 is 11.6 Å². The summed E-state index contributed by atoms with van der Waals surface area (Å²) in [7, 11) is 4.33. The van der Waals surface area contributed by atoms with Gasteiger partial charge in [0.15, 0.2) is 6.04 Å². The van der Waals surface area contributed by atoms with Crippen molar-refractivity contribution in [2.45, 2.75) is 44.7 Å². The van der Waals surface area contributed by atoms with Gasteiger partial charge in [0.1, 0.15) is 0 Å². The molecule has 1 fully saturated rings. The SMILES string of the molecule is C[C@H](C(=O)Nc1cccc(Cl)c1)[N+](C)(C)C1CCCC1. The molecule has 4 heteroatoms. The fraction of sp³-hybridized carbons (Fsp3) is 0.562. The van der Waals surface area contributed by atoms with E-state index in [0.29, 0.717) is 11.1 Å². The lowest BCUT2D eigenvalue weighted by atomic mass is 10.1. The number of hydrogen-bond donors (Lipinski definition) is 1. The summed E-state index contributed by atoms with van der Waals surface area (Å²) in [4.78, 5) is 12.5. The molecule has 0 aliphatic heterocycles. The number of hydrogen-bond acceptors (Lipinski definition) is 1. The van der Waals surface area contributed by atoms with Crippen LogP contribution in [0.25, 0.3) is 0 Å². The average Bonchev–Trinajstić information content (AvgIpc) is 2.92. The van der Waals surface area contributed by atoms with E-state index < -0.39 is 0 Å². The van der Waals surface area contributed by atoms with E-state index >= 15 is 0 Å². The van der Waals surface area contributed by atoms with Crippen LogP contribution < -0.4 is 5.32 Å². The third kappa shape index (κ3) is 3.33. The molecule has 0 radical (unpaired) electrons. The number of nitrogens with one attached hydrogen (secondary N) is 1. The first kappa shape index (κ1) is 15.3. The monoisotopic (exact) mass is 295 g/mol. The van der Waals surface area contributed by atoms with Gasteiger partial charge in [0.05, 0.1) is 20.1 Å². The molecule has 3 nitrogen and oxygen atoms in total. The number of carbonyl (C=O) groups is 1. The minimum Gasteiger partial charge on any atom is -0.321 e. The lowest BCUT2D eigenvalue weighted by Gasteiger charge is -2.40. The van der Waals surface area contributed by atoms with E-state index in [4.69, 9.17) is 11.6 Å². The maximum absolute atomic E-state index is 12.5. The van der Waals surface area contributed by atoms with Crippen LogP contribution in [0.5, 0.6) is 0 Å². The molecule has 0 heterocycles. The normalized spacial score (nSPS) is 18.0. The number of amides is 1. The Morgan fingerprint density at radius 3 is 2.60 bits per heavy atom. The highest BCUT2D eigenvalue weighted by atomic mass is 35.5. The summed E-state index contributed by atoms with van der Waals surface area (Å²) in [6.07, 6.45) is 5.02. The summed E-state index contributed by atoms with van der Waals surface area (Å²) in [5, 5.41) is 3.61. The molecule has 1 aliphatic carbocycles. The van der Waals surface area contributed by atoms with Crippen molar-refractivity contribution in [3.63, 3.8) is 0 Å². The van der Waals surface area contributed by atoms with Crippen LogP contribution in [0.3, 0.4) is 0 Å². The highest BCUT2D eigenvalue weighted by molar-refractivity contribution is 6.30. The zero-order valence-corrected chi connectivity index (χ0v) is 13.3. The van der Waals surface area contributed by atoms with Gasteiger partial charge in [-0.1, -0.05) is 17.7 Å². The van der Waals surface area contributed by atoms with Gasteiger partial charge >= 0.3 is 0 Å². The Morgan fingerprint density at radius 1 is 1.35 bits per heavy atom. The summed E-state index contributed by atoms with van der Waals surface area (Å²) < 4.78 is 0.756. The minimum absolute atomic E-state index is 0.0594. The van der Waals surface area contributed by atoms with Crippen molar-refractivity contribution in [2.24, 2.45) is 0 Å². The Kier molecular flexibility index (Phi) is 4.71. The number of rotatable bonds is 4. The topological polar surface area (TPSA) is 29.1 Å². The van der Waals surface area contributed by atoms with Crippen LogP contribution in [0.1, 0.15) is 32.6 Å². The summed E-state index contributed by atoms with van der Waals surface area (Å²) in [6.45, 7) is 2.01. The summed E-state index contributed by atoms with van der Waals surface area (Å²) >= 11 is 5.95. The van der Waals surface area contributed by atoms with Crippen LogP contribution in [0.2, 0.25) is 5.02 Å². The molecule has 110 valence electrons. The van der Waals surface area contributed by atoms with Crippen LogP contribution in [0, 0.1) is 0 Å². The number of anilines is 1. The molecule has 0 saturated heterocycles. The Hall–Kier alpha value is -1.06. The van der Waals surface area contributed by atoms with Gasteiger partial charge < -0.3 is 9.80 Å². The second-order valence-corrected chi connectivity index (χ2v) is 6.68. The molecule has 20 heavy (non-hydrogen) atoms. The van der Waals surface area contributed by atoms with Gasteiger partial charge in [-0.15, -0.1) is 0 Å². The van der Waals surface area contributed by atoms with Crippen molar-refractivity contribution in [3.8, 4) is 0 Å². The summed E-state index contributed by atoms with van der Waals surface area (Å²) in [6, 6.07) is 7.82. The largest absolute Gasteiger partial charge is 0.321 e. The Labute approximate surface area is 126 Å². The third-order valence-electron chi connectivity index (χ3n) is 4.74. The molecule has 2 rings (SSSR count). The Bertz CT molecular complexity index is 481. The lowest BCUT2D eigenvalue weighted by Crippen LogP contribution is -2.57. The first-order valence-electron chi connectivity index (χ1n) is 7.31. The molecular formula is C16H24ClN2O+. The molecule has 1 aromatic carbocycles. The first-order valence-corrected chi connectivity index (χ1v) is 7.69. The minimum atomic E-state index is -0.0721. The third-order valence-corrected chi connectivity index (χ3v) is 4.97. The fourth-order valence-electron chi connectivity index (χ4n) is 3.00. The van der Waals surface area contributed by atoms with Crippen molar-refractivity contribution < 1.29 is 9.28 Å². The van der Waals surface area contributed by atoms with Crippen LogP contribution in [-0.2, 0) is 4.79 Å². The van der Waals surface area contributed by atoms with E-state index in [1.54, 1.807) is 12.1 Å². The van der Waals surface area contributed by atoms with E-state index in [1.165, 1.54) is 25.7 Å². The molecule has 1 N–H and O–H groups in total. The van der Waals surface area contributed by atoms with Crippen LogP contribution in [-0.4, -0.2) is 36.6 Å². The lowest BCUT2D eigenvalue weighted by molar-refractivity contribution is -0.927. The van der Waals surface area contributed by atoms with Gasteiger partial charge in [0, 0.05) is 10.7 Å². The number of benzene rings is 1. The molecule has 1 saturated carbocycles. The summed E-state index contributed by atoms with van der Waals surface area (Å²) in [5.74, 6) is 0.0594. The van der Waals surface area contributed by atoms with Gasteiger partial charge in [-0.05, 0) is 50.8 Å². The van der Waals surface area contributed by atoms with Crippen molar-refractivity contribution >= 4 is 23.2 Å². The van der Waals surface area contributed by atoms with E-state index in [-0.39, 0.29) is 11.9 Å². The van der Waals surface area contributed by atoms with Gasteiger partial charge in [0.2, 0.25) is 0 Å². The second kappa shape index (κ2) is 6.15. The van der Waals surface area contributed by atoms with E-state index in [1.807, 2.05) is 19.1 Å². The number of quaternary nitrogens is 1. The predicted octanol–water partition coefficient (Wildman–Crippen LogP) is 3.69. The highest BCUT2D eigenvalue weighted by Gasteiger charge is 2.39. The van der Waals surface area contributed by atoms with Gasteiger partial charge in [-0.2, -0.15) is 0 Å². The first-order chi connectivity index (χ1) is 9.41. The highest BCUT2D eigenvalue weighted by Crippen LogP contribution is 2.29. The Balaban J connectivity index is 2.04. The maximum Gasteiger partial charge on any atom is 0.282 e. The van der Waals surface area contributed by atoms with E-state index in [0.717, 1.165) is 10.2 Å². The fourth-order valence-corrected chi connectivity index (χ4v) is 3.19. The van der Waals surface area contributed by atoms with Gasteiger partial charge in [-0.3, -0.25) is 4.79 Å². The molecule has 1 aromatic rings. The van der Waals surface area contributed by atoms with E-state index in [9.17, 15) is 4.79 Å². The number of nitrogens with zero attached hydrogens (tertiary/aromatic N) is 1. The molecule has 1 atom stereocenters. The molecular weight excluding hydrogens is 272 g/mol. The number of halogens is 1. The quantitative estimate of drug-likeness (QED) is 0.844. The maximum atomic E-state index is 12.5. The van der Waals surface area contributed by atoms with Gasteiger partial charge in [-0.25, -0.2) is 0 Å². The molecule has 0 unspecified atom stereocenters. The Morgan fingerprint density at radius 2 is 2.00 bits per heavy atom. The number of carbonyl (C=O) groups excluding carboxylic acids is 1. The molecule has 1 aliphatic rings. The van der Waals surface area contributed by atoms with Crippen molar-refractivity contribution in [2.75, 3.05) is 19.4 Å².